The second-order valence-electron chi connectivity index (χ2n) is 7.87. The normalized spacial score (nSPS) is 20.9. The molecule has 8 nitrogen and oxygen atoms in total. The van der Waals surface area contributed by atoms with E-state index in [4.69, 9.17) is 4.74 Å². The first-order chi connectivity index (χ1) is 15.9. The number of anilines is 1. The van der Waals surface area contributed by atoms with E-state index in [0.29, 0.717) is 11.4 Å². The zero-order chi connectivity index (χ0) is 23.4. The van der Waals surface area contributed by atoms with Crippen LogP contribution < -0.4 is 10.1 Å². The van der Waals surface area contributed by atoms with Crippen LogP contribution in [0.3, 0.4) is 0 Å². The number of ether oxygens (including phenoxy) is 1. The molecular weight excluding hydrogens is 482 g/mol. The van der Waals surface area contributed by atoms with Gasteiger partial charge in [-0.1, -0.05) is 43.2 Å². The third kappa shape index (κ3) is 5.59. The van der Waals surface area contributed by atoms with Gasteiger partial charge in [-0.3, -0.25) is 14.5 Å². The molecule has 2 aliphatic rings. The van der Waals surface area contributed by atoms with Gasteiger partial charge in [0.15, 0.2) is 5.17 Å². The summed E-state index contributed by atoms with van der Waals surface area (Å²) in [5.74, 6) is 0.0173. The summed E-state index contributed by atoms with van der Waals surface area (Å²) in [5, 5.41) is 3.89. The molecule has 2 amide bonds. The maximum atomic E-state index is 13.3. The van der Waals surface area contributed by atoms with Gasteiger partial charge in [0.2, 0.25) is 11.8 Å². The number of rotatable bonds is 7. The summed E-state index contributed by atoms with van der Waals surface area (Å²) in [4.78, 5) is 27.5. The molecule has 1 aromatic heterocycles. The number of thiophene rings is 1. The lowest BCUT2D eigenvalue weighted by atomic mass is 9.94. The number of amidine groups is 1. The van der Waals surface area contributed by atoms with E-state index in [2.05, 4.69) is 9.71 Å². The SMILES string of the molecule is COc1cccc(NC(=O)C[C@H]2SC(=NS(=O)(=O)c3cccs3)N(C3CCCCC3)C2=O)c1. The Morgan fingerprint density at radius 2 is 2.00 bits per heavy atom. The van der Waals surface area contributed by atoms with E-state index in [9.17, 15) is 18.0 Å². The van der Waals surface area contributed by atoms with E-state index in [-0.39, 0.29) is 33.7 Å². The monoisotopic (exact) mass is 507 g/mol. The van der Waals surface area contributed by atoms with Crippen LogP contribution in [0.4, 0.5) is 5.69 Å². The highest BCUT2D eigenvalue weighted by Gasteiger charge is 2.43. The van der Waals surface area contributed by atoms with Gasteiger partial charge in [-0.15, -0.1) is 15.7 Å². The Labute approximate surface area is 201 Å². The van der Waals surface area contributed by atoms with Crippen molar-refractivity contribution in [2.75, 3.05) is 12.4 Å². The fourth-order valence-electron chi connectivity index (χ4n) is 3.99. The molecule has 1 atom stereocenters. The first-order valence-electron chi connectivity index (χ1n) is 10.7. The highest BCUT2D eigenvalue weighted by atomic mass is 32.2. The summed E-state index contributed by atoms with van der Waals surface area (Å²) < 4.78 is 34.9. The van der Waals surface area contributed by atoms with Crippen molar-refractivity contribution in [2.24, 2.45) is 4.40 Å². The molecule has 0 bridgehead atoms. The third-order valence-electron chi connectivity index (χ3n) is 5.58. The van der Waals surface area contributed by atoms with Gasteiger partial charge in [-0.25, -0.2) is 0 Å². The van der Waals surface area contributed by atoms with Crippen LogP contribution in [0, 0.1) is 0 Å². The Morgan fingerprint density at radius 3 is 2.70 bits per heavy atom. The van der Waals surface area contributed by atoms with Crippen molar-refractivity contribution in [3.63, 3.8) is 0 Å². The lowest BCUT2D eigenvalue weighted by molar-refractivity contribution is -0.130. The predicted molar refractivity (Wildman–Crippen MR) is 130 cm³/mol. The number of benzene rings is 1. The van der Waals surface area contributed by atoms with E-state index >= 15 is 0 Å². The first-order valence-corrected chi connectivity index (χ1v) is 13.9. The molecule has 11 heteroatoms. The molecule has 1 aliphatic heterocycles. The van der Waals surface area contributed by atoms with Crippen LogP contribution in [0.5, 0.6) is 5.75 Å². The van der Waals surface area contributed by atoms with Gasteiger partial charge in [-0.05, 0) is 36.4 Å². The van der Waals surface area contributed by atoms with Crippen LogP contribution >= 0.6 is 23.1 Å². The summed E-state index contributed by atoms with van der Waals surface area (Å²) in [6, 6.07) is 10.0. The lowest BCUT2D eigenvalue weighted by Crippen LogP contribution is -2.42. The summed E-state index contributed by atoms with van der Waals surface area (Å²) >= 11 is 2.14. The minimum absolute atomic E-state index is 0.0813. The summed E-state index contributed by atoms with van der Waals surface area (Å²) in [6.45, 7) is 0. The first kappa shape index (κ1) is 23.8. The Kier molecular flexibility index (Phi) is 7.40. The van der Waals surface area contributed by atoms with Crippen LogP contribution in [0.1, 0.15) is 38.5 Å². The van der Waals surface area contributed by atoms with E-state index in [1.807, 2.05) is 0 Å². The molecule has 2 heterocycles. The van der Waals surface area contributed by atoms with Crippen LogP contribution in [0.15, 0.2) is 50.4 Å². The molecule has 1 N–H and O–H groups in total. The van der Waals surface area contributed by atoms with E-state index in [1.165, 1.54) is 11.0 Å². The number of nitrogens with one attached hydrogen (secondary N) is 1. The largest absolute Gasteiger partial charge is 0.497 e. The molecule has 1 aromatic carbocycles. The maximum absolute atomic E-state index is 13.3. The topological polar surface area (TPSA) is 105 Å². The molecule has 1 aliphatic carbocycles. The number of thioether (sulfide) groups is 1. The molecule has 1 saturated carbocycles. The van der Waals surface area contributed by atoms with Crippen molar-refractivity contribution >= 4 is 55.8 Å². The van der Waals surface area contributed by atoms with E-state index < -0.39 is 15.3 Å². The number of sulfonamides is 1. The zero-order valence-electron chi connectivity index (χ0n) is 18.1. The number of amides is 2. The fourth-order valence-corrected chi connectivity index (χ4v) is 7.36. The van der Waals surface area contributed by atoms with Crippen LogP contribution in [0.2, 0.25) is 0 Å². The molecule has 2 aromatic rings. The van der Waals surface area contributed by atoms with Crippen LogP contribution in [-0.4, -0.2) is 48.7 Å². The highest BCUT2D eigenvalue weighted by molar-refractivity contribution is 8.16. The molecule has 0 radical (unpaired) electrons. The van der Waals surface area contributed by atoms with Crippen molar-refractivity contribution in [1.29, 1.82) is 0 Å². The molecular formula is C22H25N3O5S3. The van der Waals surface area contributed by atoms with Crippen LogP contribution in [0.25, 0.3) is 0 Å². The summed E-state index contributed by atoms with van der Waals surface area (Å²) in [5.41, 5.74) is 0.563. The Balaban J connectivity index is 1.55. The van der Waals surface area contributed by atoms with Gasteiger partial charge in [0.1, 0.15) is 15.2 Å². The van der Waals surface area contributed by atoms with Crippen molar-refractivity contribution < 1.29 is 22.7 Å². The van der Waals surface area contributed by atoms with Gasteiger partial charge >= 0.3 is 0 Å². The molecule has 1 saturated heterocycles. The minimum atomic E-state index is -3.93. The molecule has 176 valence electrons. The minimum Gasteiger partial charge on any atom is -0.497 e. The summed E-state index contributed by atoms with van der Waals surface area (Å²) in [7, 11) is -2.38. The van der Waals surface area contributed by atoms with Gasteiger partial charge < -0.3 is 10.1 Å². The Morgan fingerprint density at radius 1 is 1.21 bits per heavy atom. The average Bonchev–Trinajstić information content (AvgIpc) is 3.44. The van der Waals surface area contributed by atoms with Gasteiger partial charge in [0.25, 0.3) is 10.0 Å². The number of hydrogen-bond donors (Lipinski definition) is 1. The number of methoxy groups -OCH3 is 1. The van der Waals surface area contributed by atoms with Crippen molar-refractivity contribution in [2.45, 2.75) is 54.0 Å². The van der Waals surface area contributed by atoms with E-state index in [1.54, 1.807) is 42.8 Å². The Bertz CT molecular complexity index is 1140. The third-order valence-corrected chi connectivity index (χ3v) is 9.49. The molecule has 4 rings (SSSR count). The number of hydrogen-bond acceptors (Lipinski definition) is 7. The summed E-state index contributed by atoms with van der Waals surface area (Å²) in [6.07, 6.45) is 4.57. The van der Waals surface area contributed by atoms with Gasteiger partial charge in [0.05, 0.1) is 7.11 Å². The highest BCUT2D eigenvalue weighted by Crippen LogP contribution is 2.36. The Hall–Kier alpha value is -2.37. The van der Waals surface area contributed by atoms with Crippen molar-refractivity contribution in [1.82, 2.24) is 4.90 Å². The average molecular weight is 508 g/mol. The lowest BCUT2D eigenvalue weighted by Gasteiger charge is -2.30. The fraction of sp³-hybridized carbons (Fsp3) is 0.409. The van der Waals surface area contributed by atoms with E-state index in [0.717, 1.165) is 55.2 Å². The number of carbonyl (C=O) groups is 2. The molecule has 2 fully saturated rings. The standard InChI is InChI=1S/C22H25N3O5S3/c1-30-17-10-5-7-15(13-17)23-19(26)14-18-21(27)25(16-8-3-2-4-9-16)22(32-18)24-33(28,29)20-11-6-12-31-20/h5-7,10-13,16,18H,2-4,8-9,14H2,1H3,(H,23,26)/t18-/m1/s1. The number of carbonyl (C=O) groups excluding carboxylic acids is 2. The quantitative estimate of drug-likeness (QED) is 0.605. The molecule has 33 heavy (non-hydrogen) atoms. The molecule has 0 spiro atoms. The zero-order valence-corrected chi connectivity index (χ0v) is 20.5. The predicted octanol–water partition coefficient (Wildman–Crippen LogP) is 4.11. The van der Waals surface area contributed by atoms with Crippen molar-refractivity contribution in [3.8, 4) is 5.75 Å². The number of nitrogens with zero attached hydrogens (tertiary/aromatic N) is 2. The van der Waals surface area contributed by atoms with Crippen LogP contribution in [-0.2, 0) is 19.6 Å². The van der Waals surface area contributed by atoms with Gasteiger partial charge in [-0.2, -0.15) is 8.42 Å². The maximum Gasteiger partial charge on any atom is 0.294 e. The van der Waals surface area contributed by atoms with Crippen molar-refractivity contribution in [3.05, 3.63) is 41.8 Å². The molecule has 0 unspecified atom stereocenters. The second kappa shape index (κ2) is 10.3. The van der Waals surface area contributed by atoms with Gasteiger partial charge in [0, 0.05) is 24.2 Å². The second-order valence-corrected chi connectivity index (χ2v) is 11.8. The smallest absolute Gasteiger partial charge is 0.294 e.